The Morgan fingerprint density at radius 3 is 2.87 bits per heavy atom. The molecule has 0 bridgehead atoms. The van der Waals surface area contributed by atoms with Crippen LogP contribution in [0.3, 0.4) is 0 Å². The minimum absolute atomic E-state index is 0.0606. The van der Waals surface area contributed by atoms with Crippen LogP contribution >= 0.6 is 0 Å². The van der Waals surface area contributed by atoms with Gasteiger partial charge in [-0.1, -0.05) is 26.0 Å². The van der Waals surface area contributed by atoms with Gasteiger partial charge in [0.05, 0.1) is 10.3 Å². The van der Waals surface area contributed by atoms with Crippen molar-refractivity contribution in [2.75, 3.05) is 11.9 Å². The SMILES string of the molecule is CC(C)CNc1ncnc2[nH]c(-c3cccc([N+](=O)[O-])c3)cc12. The number of nitrogens with one attached hydrogen (secondary N) is 2. The van der Waals surface area contributed by atoms with Crippen molar-refractivity contribution < 1.29 is 4.92 Å². The quantitative estimate of drug-likeness (QED) is 0.554. The minimum Gasteiger partial charge on any atom is -0.369 e. The zero-order chi connectivity index (χ0) is 16.4. The highest BCUT2D eigenvalue weighted by atomic mass is 16.6. The Labute approximate surface area is 132 Å². The zero-order valence-electron chi connectivity index (χ0n) is 12.9. The molecule has 0 aliphatic carbocycles. The van der Waals surface area contributed by atoms with Gasteiger partial charge in [-0.2, -0.15) is 0 Å². The first-order chi connectivity index (χ1) is 11.0. The Morgan fingerprint density at radius 2 is 2.13 bits per heavy atom. The molecule has 0 aliphatic rings. The number of anilines is 1. The summed E-state index contributed by atoms with van der Waals surface area (Å²) in [7, 11) is 0. The topological polar surface area (TPSA) is 96.7 Å². The molecule has 3 aromatic rings. The molecular weight excluding hydrogens is 294 g/mol. The molecule has 2 N–H and O–H groups in total. The molecule has 0 spiro atoms. The second-order valence-corrected chi connectivity index (χ2v) is 5.75. The van der Waals surface area contributed by atoms with Crippen LogP contribution < -0.4 is 5.32 Å². The molecule has 0 unspecified atom stereocenters. The summed E-state index contributed by atoms with van der Waals surface area (Å²) in [5.41, 5.74) is 2.28. The van der Waals surface area contributed by atoms with Crippen molar-refractivity contribution in [2.24, 2.45) is 5.92 Å². The first-order valence-corrected chi connectivity index (χ1v) is 7.37. The van der Waals surface area contributed by atoms with Crippen LogP contribution in [0.4, 0.5) is 11.5 Å². The molecule has 0 fully saturated rings. The van der Waals surface area contributed by atoms with Gasteiger partial charge in [0.25, 0.3) is 5.69 Å². The molecule has 3 rings (SSSR count). The predicted molar refractivity (Wildman–Crippen MR) is 89.3 cm³/mol. The van der Waals surface area contributed by atoms with E-state index in [0.717, 1.165) is 29.0 Å². The molecule has 0 saturated carbocycles. The molecule has 118 valence electrons. The highest BCUT2D eigenvalue weighted by molar-refractivity contribution is 5.91. The molecule has 0 radical (unpaired) electrons. The van der Waals surface area contributed by atoms with Crippen molar-refractivity contribution in [3.63, 3.8) is 0 Å². The number of aromatic amines is 1. The molecule has 0 saturated heterocycles. The molecule has 0 atom stereocenters. The van der Waals surface area contributed by atoms with Crippen LogP contribution in [0.1, 0.15) is 13.8 Å². The van der Waals surface area contributed by atoms with Gasteiger partial charge in [-0.15, -0.1) is 0 Å². The molecule has 23 heavy (non-hydrogen) atoms. The van der Waals surface area contributed by atoms with E-state index in [4.69, 9.17) is 0 Å². The van der Waals surface area contributed by atoms with E-state index in [1.165, 1.54) is 12.4 Å². The number of rotatable bonds is 5. The van der Waals surface area contributed by atoms with Gasteiger partial charge in [-0.3, -0.25) is 10.1 Å². The van der Waals surface area contributed by atoms with E-state index < -0.39 is 4.92 Å². The van der Waals surface area contributed by atoms with Crippen LogP contribution in [0.15, 0.2) is 36.7 Å². The summed E-state index contributed by atoms with van der Waals surface area (Å²) in [5, 5.41) is 15.1. The number of nitrogens with zero attached hydrogens (tertiary/aromatic N) is 3. The van der Waals surface area contributed by atoms with Crippen LogP contribution in [0.2, 0.25) is 0 Å². The average Bonchev–Trinajstić information content (AvgIpc) is 2.97. The third-order valence-electron chi connectivity index (χ3n) is 3.47. The van der Waals surface area contributed by atoms with Crippen LogP contribution in [0.25, 0.3) is 22.3 Å². The van der Waals surface area contributed by atoms with Gasteiger partial charge < -0.3 is 10.3 Å². The van der Waals surface area contributed by atoms with E-state index >= 15 is 0 Å². The molecule has 2 heterocycles. The van der Waals surface area contributed by atoms with Crippen LogP contribution in [-0.4, -0.2) is 26.4 Å². The number of nitro benzene ring substituents is 1. The van der Waals surface area contributed by atoms with E-state index in [1.807, 2.05) is 12.1 Å². The average molecular weight is 311 g/mol. The van der Waals surface area contributed by atoms with E-state index in [2.05, 4.69) is 34.1 Å². The Balaban J connectivity index is 2.01. The third kappa shape index (κ3) is 3.13. The second kappa shape index (κ2) is 6.04. The van der Waals surface area contributed by atoms with Gasteiger partial charge in [-0.25, -0.2) is 9.97 Å². The maximum Gasteiger partial charge on any atom is 0.270 e. The molecule has 0 aliphatic heterocycles. The molecule has 7 nitrogen and oxygen atoms in total. The Kier molecular flexibility index (Phi) is 3.92. The van der Waals surface area contributed by atoms with Crippen molar-refractivity contribution in [3.05, 3.63) is 46.8 Å². The summed E-state index contributed by atoms with van der Waals surface area (Å²) in [4.78, 5) is 22.2. The maximum atomic E-state index is 10.9. The van der Waals surface area contributed by atoms with Crippen molar-refractivity contribution in [1.82, 2.24) is 15.0 Å². The molecular formula is C16H17N5O2. The Morgan fingerprint density at radius 1 is 1.30 bits per heavy atom. The summed E-state index contributed by atoms with van der Waals surface area (Å²) in [5.74, 6) is 1.26. The van der Waals surface area contributed by atoms with E-state index in [-0.39, 0.29) is 5.69 Å². The zero-order valence-corrected chi connectivity index (χ0v) is 12.9. The fraction of sp³-hybridized carbons (Fsp3) is 0.250. The lowest BCUT2D eigenvalue weighted by atomic mass is 10.1. The monoisotopic (exact) mass is 311 g/mol. The van der Waals surface area contributed by atoms with Crippen LogP contribution in [0.5, 0.6) is 0 Å². The largest absolute Gasteiger partial charge is 0.369 e. The molecule has 2 aromatic heterocycles. The summed E-state index contributed by atoms with van der Waals surface area (Å²) in [6.45, 7) is 5.05. The minimum atomic E-state index is -0.401. The standard InChI is InChI=1S/C16H17N5O2/c1-10(2)8-17-15-13-7-14(20-16(13)19-9-18-15)11-4-3-5-12(6-11)21(22)23/h3-7,9-10H,8H2,1-2H3,(H2,17,18,19,20). The Hall–Kier alpha value is -2.96. The van der Waals surface area contributed by atoms with Gasteiger partial charge in [-0.05, 0) is 12.0 Å². The number of nitro groups is 1. The number of hydrogen-bond donors (Lipinski definition) is 2. The van der Waals surface area contributed by atoms with Crippen molar-refractivity contribution in [3.8, 4) is 11.3 Å². The lowest BCUT2D eigenvalue weighted by molar-refractivity contribution is -0.384. The number of H-pyrrole nitrogens is 1. The number of aromatic nitrogens is 3. The highest BCUT2D eigenvalue weighted by Gasteiger charge is 2.12. The van der Waals surface area contributed by atoms with Crippen molar-refractivity contribution >= 4 is 22.5 Å². The van der Waals surface area contributed by atoms with Crippen LogP contribution in [0, 0.1) is 16.0 Å². The third-order valence-corrected chi connectivity index (χ3v) is 3.47. The van der Waals surface area contributed by atoms with E-state index in [9.17, 15) is 10.1 Å². The summed E-state index contributed by atoms with van der Waals surface area (Å²) in [6.07, 6.45) is 1.50. The van der Waals surface area contributed by atoms with E-state index in [1.54, 1.807) is 12.1 Å². The normalized spacial score (nSPS) is 11.1. The lowest BCUT2D eigenvalue weighted by Crippen LogP contribution is -2.09. The maximum absolute atomic E-state index is 10.9. The summed E-state index contributed by atoms with van der Waals surface area (Å²) < 4.78 is 0. The molecule has 0 amide bonds. The molecule has 1 aromatic carbocycles. The highest BCUT2D eigenvalue weighted by Crippen LogP contribution is 2.28. The number of fused-ring (bicyclic) bond motifs is 1. The smallest absolute Gasteiger partial charge is 0.270 e. The van der Waals surface area contributed by atoms with Crippen molar-refractivity contribution in [2.45, 2.75) is 13.8 Å². The van der Waals surface area contributed by atoms with Gasteiger partial charge in [0.2, 0.25) is 0 Å². The fourth-order valence-electron chi connectivity index (χ4n) is 2.32. The first-order valence-electron chi connectivity index (χ1n) is 7.37. The van der Waals surface area contributed by atoms with Gasteiger partial charge in [0.15, 0.2) is 0 Å². The van der Waals surface area contributed by atoms with E-state index in [0.29, 0.717) is 11.6 Å². The van der Waals surface area contributed by atoms with Gasteiger partial charge in [0, 0.05) is 29.9 Å². The summed E-state index contributed by atoms with van der Waals surface area (Å²) >= 11 is 0. The first kappa shape index (κ1) is 15.0. The van der Waals surface area contributed by atoms with Crippen molar-refractivity contribution in [1.29, 1.82) is 0 Å². The lowest BCUT2D eigenvalue weighted by Gasteiger charge is -2.08. The van der Waals surface area contributed by atoms with Crippen LogP contribution in [-0.2, 0) is 0 Å². The fourth-order valence-corrected chi connectivity index (χ4v) is 2.32. The predicted octanol–water partition coefficient (Wildman–Crippen LogP) is 3.60. The second-order valence-electron chi connectivity index (χ2n) is 5.75. The number of hydrogen-bond acceptors (Lipinski definition) is 5. The number of non-ortho nitro benzene ring substituents is 1. The van der Waals surface area contributed by atoms with Gasteiger partial charge >= 0.3 is 0 Å². The molecule has 7 heteroatoms. The Bertz CT molecular complexity index is 857. The number of benzene rings is 1. The van der Waals surface area contributed by atoms with Gasteiger partial charge in [0.1, 0.15) is 17.8 Å². The summed E-state index contributed by atoms with van der Waals surface area (Å²) in [6, 6.07) is 8.42.